The number of rotatable bonds is 5. The molecule has 140 valence electrons. The minimum absolute atomic E-state index is 0.256. The van der Waals surface area contributed by atoms with Gasteiger partial charge in [-0.05, 0) is 48.5 Å². The van der Waals surface area contributed by atoms with Crippen molar-refractivity contribution >= 4 is 40.5 Å². The largest absolute Gasteiger partial charge is 0.378 e. The number of halogens is 1. The van der Waals surface area contributed by atoms with Crippen molar-refractivity contribution in [3.63, 3.8) is 0 Å². The predicted octanol–water partition coefficient (Wildman–Crippen LogP) is 3.55. The van der Waals surface area contributed by atoms with E-state index in [-0.39, 0.29) is 11.8 Å². The summed E-state index contributed by atoms with van der Waals surface area (Å²) in [5, 5.41) is 6.12. The fourth-order valence-electron chi connectivity index (χ4n) is 2.78. The summed E-state index contributed by atoms with van der Waals surface area (Å²) in [7, 11) is 0. The van der Waals surface area contributed by atoms with Crippen LogP contribution in [-0.4, -0.2) is 38.1 Å². The Kier molecular flexibility index (Phi) is 6.11. The summed E-state index contributed by atoms with van der Waals surface area (Å²) in [6.07, 6.45) is 1.19. The number of hydrogen-bond acceptors (Lipinski definition) is 4. The van der Waals surface area contributed by atoms with Gasteiger partial charge >= 0.3 is 0 Å². The van der Waals surface area contributed by atoms with Crippen molar-refractivity contribution in [2.75, 3.05) is 41.8 Å². The SMILES string of the molecule is C=CC(=O)Nc1ccc(C(=O)Nc2cc(Cl)ccc2N2CCOCC2)cc1. The van der Waals surface area contributed by atoms with E-state index in [0.717, 1.165) is 18.8 Å². The average molecular weight is 386 g/mol. The molecule has 2 aromatic carbocycles. The Morgan fingerprint density at radius 2 is 1.78 bits per heavy atom. The van der Waals surface area contributed by atoms with E-state index < -0.39 is 0 Å². The summed E-state index contributed by atoms with van der Waals surface area (Å²) in [6, 6.07) is 12.1. The second-order valence-electron chi connectivity index (χ2n) is 5.99. The summed E-state index contributed by atoms with van der Waals surface area (Å²) in [5.74, 6) is -0.561. The molecule has 2 amide bonds. The molecule has 0 aromatic heterocycles. The van der Waals surface area contributed by atoms with Crippen LogP contribution in [0.4, 0.5) is 17.1 Å². The molecule has 0 atom stereocenters. The Hall–Kier alpha value is -2.83. The maximum absolute atomic E-state index is 12.6. The van der Waals surface area contributed by atoms with Crippen LogP contribution >= 0.6 is 11.6 Å². The van der Waals surface area contributed by atoms with Gasteiger partial charge in [-0.1, -0.05) is 18.2 Å². The second-order valence-corrected chi connectivity index (χ2v) is 6.42. The van der Waals surface area contributed by atoms with Gasteiger partial charge in [0.05, 0.1) is 24.6 Å². The van der Waals surface area contributed by atoms with E-state index >= 15 is 0 Å². The molecule has 1 aliphatic rings. The molecule has 0 saturated carbocycles. The lowest BCUT2D eigenvalue weighted by molar-refractivity contribution is -0.111. The molecular formula is C20H20ClN3O3. The predicted molar refractivity (Wildman–Crippen MR) is 108 cm³/mol. The summed E-state index contributed by atoms with van der Waals surface area (Å²) < 4.78 is 5.39. The van der Waals surface area contributed by atoms with E-state index in [1.54, 1.807) is 36.4 Å². The molecule has 0 aliphatic carbocycles. The van der Waals surface area contributed by atoms with Gasteiger partial charge in [-0.15, -0.1) is 0 Å². The number of nitrogens with zero attached hydrogens (tertiary/aromatic N) is 1. The molecule has 3 rings (SSSR count). The van der Waals surface area contributed by atoms with E-state index in [2.05, 4.69) is 22.1 Å². The smallest absolute Gasteiger partial charge is 0.255 e. The van der Waals surface area contributed by atoms with Crippen molar-refractivity contribution in [3.05, 3.63) is 65.7 Å². The van der Waals surface area contributed by atoms with Crippen LogP contribution in [0.25, 0.3) is 0 Å². The van der Waals surface area contributed by atoms with Crippen LogP contribution in [0.5, 0.6) is 0 Å². The van der Waals surface area contributed by atoms with Crippen LogP contribution < -0.4 is 15.5 Å². The maximum atomic E-state index is 12.6. The van der Waals surface area contributed by atoms with Crippen LogP contribution in [0, 0.1) is 0 Å². The minimum Gasteiger partial charge on any atom is -0.378 e. The lowest BCUT2D eigenvalue weighted by atomic mass is 10.1. The summed E-state index contributed by atoms with van der Waals surface area (Å²) >= 11 is 6.13. The van der Waals surface area contributed by atoms with Gasteiger partial charge in [-0.2, -0.15) is 0 Å². The Bertz CT molecular complexity index is 846. The van der Waals surface area contributed by atoms with Gasteiger partial charge < -0.3 is 20.3 Å². The third kappa shape index (κ3) is 4.87. The Balaban J connectivity index is 1.76. The third-order valence-corrected chi connectivity index (χ3v) is 4.39. The lowest BCUT2D eigenvalue weighted by Crippen LogP contribution is -2.36. The van der Waals surface area contributed by atoms with E-state index in [0.29, 0.717) is 35.2 Å². The maximum Gasteiger partial charge on any atom is 0.255 e. The van der Waals surface area contributed by atoms with Gasteiger partial charge in [0.2, 0.25) is 5.91 Å². The van der Waals surface area contributed by atoms with Gasteiger partial charge in [0.1, 0.15) is 0 Å². The van der Waals surface area contributed by atoms with E-state index in [9.17, 15) is 9.59 Å². The molecule has 2 aromatic rings. The number of morpholine rings is 1. The fraction of sp³-hybridized carbons (Fsp3) is 0.200. The highest BCUT2D eigenvalue weighted by Gasteiger charge is 2.17. The molecule has 0 unspecified atom stereocenters. The molecule has 1 heterocycles. The topological polar surface area (TPSA) is 70.7 Å². The fourth-order valence-corrected chi connectivity index (χ4v) is 2.95. The first-order chi connectivity index (χ1) is 13.1. The van der Waals surface area contributed by atoms with Crippen molar-refractivity contribution in [1.82, 2.24) is 0 Å². The van der Waals surface area contributed by atoms with Gasteiger partial charge in [0.25, 0.3) is 5.91 Å². The normalized spacial score (nSPS) is 13.7. The second kappa shape index (κ2) is 8.70. The molecule has 0 spiro atoms. The van der Waals surface area contributed by atoms with Crippen LogP contribution in [0.15, 0.2) is 55.1 Å². The Morgan fingerprint density at radius 1 is 1.07 bits per heavy atom. The molecular weight excluding hydrogens is 366 g/mol. The highest BCUT2D eigenvalue weighted by atomic mass is 35.5. The Labute approximate surface area is 162 Å². The van der Waals surface area contributed by atoms with Crippen LogP contribution in [0.2, 0.25) is 5.02 Å². The zero-order chi connectivity index (χ0) is 19.2. The van der Waals surface area contributed by atoms with Crippen molar-refractivity contribution in [1.29, 1.82) is 0 Å². The first-order valence-corrected chi connectivity index (χ1v) is 8.91. The van der Waals surface area contributed by atoms with Gasteiger partial charge in [-0.3, -0.25) is 9.59 Å². The summed E-state index contributed by atoms with van der Waals surface area (Å²) in [5.41, 5.74) is 2.62. The number of amides is 2. The van der Waals surface area contributed by atoms with E-state index in [4.69, 9.17) is 16.3 Å². The molecule has 0 bridgehead atoms. The monoisotopic (exact) mass is 385 g/mol. The average Bonchev–Trinajstić information content (AvgIpc) is 2.69. The molecule has 1 saturated heterocycles. The third-order valence-electron chi connectivity index (χ3n) is 4.16. The number of carbonyl (C=O) groups excluding carboxylic acids is 2. The highest BCUT2D eigenvalue weighted by Crippen LogP contribution is 2.30. The van der Waals surface area contributed by atoms with Gasteiger partial charge in [-0.25, -0.2) is 0 Å². The van der Waals surface area contributed by atoms with Crippen molar-refractivity contribution in [2.45, 2.75) is 0 Å². The molecule has 1 aliphatic heterocycles. The molecule has 27 heavy (non-hydrogen) atoms. The zero-order valence-corrected chi connectivity index (χ0v) is 15.5. The summed E-state index contributed by atoms with van der Waals surface area (Å²) in [4.78, 5) is 26.1. The van der Waals surface area contributed by atoms with Crippen molar-refractivity contribution < 1.29 is 14.3 Å². The lowest BCUT2D eigenvalue weighted by Gasteiger charge is -2.30. The number of ether oxygens (including phenoxy) is 1. The molecule has 7 heteroatoms. The standard InChI is InChI=1S/C20H20ClN3O3/c1-2-19(25)22-16-6-3-14(4-7-16)20(26)23-17-13-15(21)5-8-18(17)24-9-11-27-12-10-24/h2-8,13H,1,9-12H2,(H,22,25)(H,23,26). The van der Waals surface area contributed by atoms with Gasteiger partial charge in [0, 0.05) is 29.4 Å². The first kappa shape index (κ1) is 18.9. The van der Waals surface area contributed by atoms with E-state index in [1.165, 1.54) is 6.08 Å². The molecule has 2 N–H and O–H groups in total. The summed E-state index contributed by atoms with van der Waals surface area (Å²) in [6.45, 7) is 6.20. The quantitative estimate of drug-likeness (QED) is 0.772. The highest BCUT2D eigenvalue weighted by molar-refractivity contribution is 6.31. The van der Waals surface area contributed by atoms with Crippen molar-refractivity contribution in [2.24, 2.45) is 0 Å². The van der Waals surface area contributed by atoms with Gasteiger partial charge in [0.15, 0.2) is 0 Å². The Morgan fingerprint density at radius 3 is 2.44 bits per heavy atom. The number of benzene rings is 2. The molecule has 0 radical (unpaired) electrons. The minimum atomic E-state index is -0.304. The first-order valence-electron chi connectivity index (χ1n) is 8.54. The number of hydrogen-bond donors (Lipinski definition) is 2. The van der Waals surface area contributed by atoms with Crippen LogP contribution in [0.1, 0.15) is 10.4 Å². The van der Waals surface area contributed by atoms with Crippen molar-refractivity contribution in [3.8, 4) is 0 Å². The van der Waals surface area contributed by atoms with Crippen LogP contribution in [0.3, 0.4) is 0 Å². The zero-order valence-electron chi connectivity index (χ0n) is 14.7. The van der Waals surface area contributed by atoms with Crippen LogP contribution in [-0.2, 0) is 9.53 Å². The number of carbonyl (C=O) groups is 2. The number of nitrogens with one attached hydrogen (secondary N) is 2. The number of anilines is 3. The molecule has 1 fully saturated rings. The molecule has 6 nitrogen and oxygen atoms in total. The van der Waals surface area contributed by atoms with E-state index in [1.807, 2.05) is 6.07 Å².